The lowest BCUT2D eigenvalue weighted by molar-refractivity contribution is -0.117. The number of aromatic nitrogens is 2. The fourth-order valence-electron chi connectivity index (χ4n) is 2.61. The van der Waals surface area contributed by atoms with Gasteiger partial charge in [-0.2, -0.15) is 5.10 Å². The van der Waals surface area contributed by atoms with Crippen LogP contribution in [0, 0.1) is 0 Å². The maximum atomic E-state index is 12.1. The maximum absolute atomic E-state index is 12.1. The van der Waals surface area contributed by atoms with Crippen LogP contribution in [0.4, 0.5) is 0 Å². The highest BCUT2D eigenvalue weighted by molar-refractivity contribution is 5.96. The van der Waals surface area contributed by atoms with Crippen LogP contribution in [0.3, 0.4) is 0 Å². The van der Waals surface area contributed by atoms with Crippen molar-refractivity contribution < 1.29 is 14.4 Å². The number of amides is 3. The van der Waals surface area contributed by atoms with Crippen LogP contribution in [0.25, 0.3) is 11.8 Å². The summed E-state index contributed by atoms with van der Waals surface area (Å²) >= 11 is 0. The molecule has 0 saturated heterocycles. The molecule has 3 aromatic rings. The van der Waals surface area contributed by atoms with Crippen LogP contribution in [-0.2, 0) is 16.1 Å². The molecule has 1 heterocycles. The molecule has 3 rings (SSSR count). The van der Waals surface area contributed by atoms with Gasteiger partial charge >= 0.3 is 0 Å². The van der Waals surface area contributed by atoms with Crippen LogP contribution in [0.1, 0.15) is 21.5 Å². The smallest absolute Gasteiger partial charge is 0.251 e. The number of rotatable bonds is 8. The zero-order valence-electron chi connectivity index (χ0n) is 16.1. The van der Waals surface area contributed by atoms with Gasteiger partial charge in [-0.05, 0) is 35.9 Å². The van der Waals surface area contributed by atoms with Crippen LogP contribution in [0.5, 0.6) is 0 Å². The number of para-hydroxylation sites is 1. The number of carbonyl (C=O) groups excluding carboxylic acids is 3. The molecule has 0 aliphatic rings. The van der Waals surface area contributed by atoms with Gasteiger partial charge in [0.05, 0.1) is 18.4 Å². The van der Waals surface area contributed by atoms with Crippen LogP contribution in [0.15, 0.2) is 73.1 Å². The summed E-state index contributed by atoms with van der Waals surface area (Å²) in [6.07, 6.45) is 6.64. The summed E-state index contributed by atoms with van der Waals surface area (Å²) in [6.45, 7) is 0.100. The number of hydrogen-bond acceptors (Lipinski definition) is 4. The monoisotopic (exact) mass is 403 g/mol. The molecule has 30 heavy (non-hydrogen) atoms. The molecule has 8 nitrogen and oxygen atoms in total. The van der Waals surface area contributed by atoms with Gasteiger partial charge in [-0.3, -0.25) is 14.4 Å². The first-order valence-electron chi connectivity index (χ1n) is 9.23. The molecule has 0 bridgehead atoms. The molecule has 2 aromatic carbocycles. The van der Waals surface area contributed by atoms with Crippen molar-refractivity contribution in [3.63, 3.8) is 0 Å². The molecule has 0 spiro atoms. The van der Waals surface area contributed by atoms with E-state index in [2.05, 4.69) is 15.7 Å². The Bertz CT molecular complexity index is 1060. The largest absolute Gasteiger partial charge is 0.368 e. The molecule has 0 fully saturated rings. The van der Waals surface area contributed by atoms with E-state index in [9.17, 15) is 14.4 Å². The van der Waals surface area contributed by atoms with Gasteiger partial charge in [0.25, 0.3) is 5.91 Å². The van der Waals surface area contributed by atoms with E-state index in [-0.39, 0.29) is 18.4 Å². The third kappa shape index (κ3) is 5.90. The van der Waals surface area contributed by atoms with E-state index in [1.165, 1.54) is 6.08 Å². The van der Waals surface area contributed by atoms with Crippen molar-refractivity contribution in [2.75, 3.05) is 6.54 Å². The number of benzene rings is 2. The van der Waals surface area contributed by atoms with E-state index in [1.807, 2.05) is 36.5 Å². The van der Waals surface area contributed by atoms with Gasteiger partial charge < -0.3 is 16.4 Å². The van der Waals surface area contributed by atoms with Crippen LogP contribution >= 0.6 is 0 Å². The second-order valence-electron chi connectivity index (χ2n) is 6.45. The Kier molecular flexibility index (Phi) is 6.73. The molecular formula is C22H21N5O3. The first-order chi connectivity index (χ1) is 14.5. The van der Waals surface area contributed by atoms with Gasteiger partial charge in [-0.15, -0.1) is 0 Å². The van der Waals surface area contributed by atoms with Crippen molar-refractivity contribution in [3.8, 4) is 5.69 Å². The zero-order valence-corrected chi connectivity index (χ0v) is 16.1. The molecule has 4 N–H and O–H groups in total. The number of hydrogen-bond donors (Lipinski definition) is 3. The molecule has 0 radical (unpaired) electrons. The fourth-order valence-corrected chi connectivity index (χ4v) is 2.61. The van der Waals surface area contributed by atoms with E-state index >= 15 is 0 Å². The first kappa shape index (κ1) is 20.5. The average molecular weight is 403 g/mol. The molecule has 0 unspecified atom stereocenters. The predicted octanol–water partition coefficient (Wildman–Crippen LogP) is 1.42. The number of nitrogens with two attached hydrogens (primary N) is 1. The SMILES string of the molecule is NC(=O)CNC(=O)c1ccc(CNC(=O)/C=C/c2cnn(-c3ccccc3)c2)cc1. The average Bonchev–Trinajstić information content (AvgIpc) is 3.24. The van der Waals surface area contributed by atoms with E-state index in [0.717, 1.165) is 16.8 Å². The Hall–Kier alpha value is -4.20. The highest BCUT2D eigenvalue weighted by atomic mass is 16.2. The molecule has 3 amide bonds. The van der Waals surface area contributed by atoms with Gasteiger partial charge in [0.2, 0.25) is 11.8 Å². The van der Waals surface area contributed by atoms with Gasteiger partial charge in [0.15, 0.2) is 0 Å². The van der Waals surface area contributed by atoms with E-state index in [1.54, 1.807) is 41.2 Å². The lowest BCUT2D eigenvalue weighted by Crippen LogP contribution is -2.33. The van der Waals surface area contributed by atoms with E-state index in [0.29, 0.717) is 12.1 Å². The summed E-state index contributed by atoms with van der Waals surface area (Å²) in [5, 5.41) is 9.47. The summed E-state index contributed by atoms with van der Waals surface area (Å²) in [6, 6.07) is 16.4. The van der Waals surface area contributed by atoms with Gasteiger partial charge in [-0.25, -0.2) is 4.68 Å². The molecule has 8 heteroatoms. The molecule has 0 atom stereocenters. The van der Waals surface area contributed by atoms with Crippen molar-refractivity contribution >= 4 is 23.8 Å². The minimum Gasteiger partial charge on any atom is -0.368 e. The normalized spacial score (nSPS) is 10.7. The lowest BCUT2D eigenvalue weighted by atomic mass is 10.1. The van der Waals surface area contributed by atoms with Crippen LogP contribution in [-0.4, -0.2) is 34.0 Å². The summed E-state index contributed by atoms with van der Waals surface area (Å²) in [4.78, 5) is 34.6. The minimum atomic E-state index is -0.608. The Morgan fingerprint density at radius 2 is 1.73 bits per heavy atom. The summed E-state index contributed by atoms with van der Waals surface area (Å²) < 4.78 is 1.73. The fraction of sp³-hybridized carbons (Fsp3) is 0.0909. The number of primary amides is 1. The van der Waals surface area contributed by atoms with Gasteiger partial charge in [0.1, 0.15) is 0 Å². The quantitative estimate of drug-likeness (QED) is 0.493. The Balaban J connectivity index is 1.49. The van der Waals surface area contributed by atoms with Crippen LogP contribution < -0.4 is 16.4 Å². The van der Waals surface area contributed by atoms with Crippen molar-refractivity contribution in [1.82, 2.24) is 20.4 Å². The Morgan fingerprint density at radius 1 is 1.00 bits per heavy atom. The molecule has 152 valence electrons. The molecule has 1 aromatic heterocycles. The number of nitrogens with one attached hydrogen (secondary N) is 2. The lowest BCUT2D eigenvalue weighted by Gasteiger charge is -2.05. The van der Waals surface area contributed by atoms with E-state index in [4.69, 9.17) is 5.73 Å². The topological polar surface area (TPSA) is 119 Å². The van der Waals surface area contributed by atoms with Crippen molar-refractivity contribution in [3.05, 3.63) is 89.8 Å². The zero-order chi connectivity index (χ0) is 21.3. The van der Waals surface area contributed by atoms with Crippen LogP contribution in [0.2, 0.25) is 0 Å². The third-order valence-corrected chi connectivity index (χ3v) is 4.16. The highest BCUT2D eigenvalue weighted by Crippen LogP contribution is 2.09. The van der Waals surface area contributed by atoms with Gasteiger partial charge in [-0.1, -0.05) is 30.3 Å². The van der Waals surface area contributed by atoms with Crippen molar-refractivity contribution in [2.24, 2.45) is 5.73 Å². The third-order valence-electron chi connectivity index (χ3n) is 4.16. The molecule has 0 saturated carbocycles. The highest BCUT2D eigenvalue weighted by Gasteiger charge is 2.06. The first-order valence-corrected chi connectivity index (χ1v) is 9.23. The standard InChI is InChI=1S/C22H21N5O3/c23-20(28)14-25-22(30)18-9-6-16(7-10-18)12-24-21(29)11-8-17-13-26-27(15-17)19-4-2-1-3-5-19/h1-11,13,15H,12,14H2,(H2,23,28)(H,24,29)(H,25,30)/b11-8+. The second-order valence-corrected chi connectivity index (χ2v) is 6.45. The Labute approximate surface area is 173 Å². The maximum Gasteiger partial charge on any atom is 0.251 e. The second kappa shape index (κ2) is 9.83. The molecular weight excluding hydrogens is 382 g/mol. The number of carbonyl (C=O) groups is 3. The number of nitrogens with zero attached hydrogens (tertiary/aromatic N) is 2. The summed E-state index contributed by atoms with van der Waals surface area (Å²) in [7, 11) is 0. The minimum absolute atomic E-state index is 0.215. The van der Waals surface area contributed by atoms with Crippen molar-refractivity contribution in [1.29, 1.82) is 0 Å². The molecule has 0 aliphatic carbocycles. The van der Waals surface area contributed by atoms with Gasteiger partial charge in [0, 0.05) is 29.9 Å². The summed E-state index contributed by atoms with van der Waals surface area (Å²) in [5.41, 5.74) is 7.98. The molecule has 0 aliphatic heterocycles. The Morgan fingerprint density at radius 3 is 2.43 bits per heavy atom. The van der Waals surface area contributed by atoms with E-state index < -0.39 is 5.91 Å². The summed E-state index contributed by atoms with van der Waals surface area (Å²) in [5.74, 6) is -1.24. The predicted molar refractivity (Wildman–Crippen MR) is 112 cm³/mol. The van der Waals surface area contributed by atoms with Crippen molar-refractivity contribution in [2.45, 2.75) is 6.54 Å².